The monoisotopic (exact) mass is 286 g/mol. The van der Waals surface area contributed by atoms with Crippen LogP contribution in [0.4, 0.5) is 4.79 Å². The molecule has 19 heavy (non-hydrogen) atoms. The smallest absolute Gasteiger partial charge is 0.408 e. The van der Waals surface area contributed by atoms with Crippen LogP contribution in [0.25, 0.3) is 0 Å². The van der Waals surface area contributed by atoms with Crippen LogP contribution >= 0.6 is 12.4 Å². The number of benzene rings is 1. The highest BCUT2D eigenvalue weighted by atomic mass is 35.5. The van der Waals surface area contributed by atoms with E-state index >= 15 is 0 Å². The first-order valence-corrected chi connectivity index (χ1v) is 6.08. The summed E-state index contributed by atoms with van der Waals surface area (Å²) in [4.78, 5) is 11.7. The van der Waals surface area contributed by atoms with Crippen molar-refractivity contribution in [3.05, 3.63) is 35.4 Å². The second-order valence-electron chi connectivity index (χ2n) is 5.35. The molecule has 1 rings (SSSR count). The van der Waals surface area contributed by atoms with Crippen molar-refractivity contribution in [3.63, 3.8) is 0 Å². The van der Waals surface area contributed by atoms with Gasteiger partial charge in [0.2, 0.25) is 0 Å². The first-order chi connectivity index (χ1) is 8.31. The SMILES string of the molecule is Cc1cccc(C(CN)NC(=O)OC(C)(C)C)c1.Cl. The number of nitrogens with one attached hydrogen (secondary N) is 1. The third-order valence-corrected chi connectivity index (χ3v) is 2.37. The molecule has 1 aromatic rings. The van der Waals surface area contributed by atoms with Gasteiger partial charge in [-0.15, -0.1) is 12.4 Å². The summed E-state index contributed by atoms with van der Waals surface area (Å²) < 4.78 is 5.22. The molecule has 0 radical (unpaired) electrons. The van der Waals surface area contributed by atoms with Crippen LogP contribution < -0.4 is 11.1 Å². The lowest BCUT2D eigenvalue weighted by Crippen LogP contribution is -2.37. The van der Waals surface area contributed by atoms with E-state index < -0.39 is 11.7 Å². The number of rotatable bonds is 3. The first-order valence-electron chi connectivity index (χ1n) is 6.08. The molecule has 1 amide bonds. The molecule has 0 saturated carbocycles. The molecule has 0 spiro atoms. The summed E-state index contributed by atoms with van der Waals surface area (Å²) in [6.07, 6.45) is -0.445. The zero-order valence-electron chi connectivity index (χ0n) is 11.9. The molecule has 0 saturated heterocycles. The van der Waals surface area contributed by atoms with Gasteiger partial charge in [0.15, 0.2) is 0 Å². The number of amides is 1. The van der Waals surface area contributed by atoms with Gasteiger partial charge in [0.05, 0.1) is 6.04 Å². The van der Waals surface area contributed by atoms with Crippen molar-refractivity contribution >= 4 is 18.5 Å². The molecule has 0 aliphatic heterocycles. The number of ether oxygens (including phenoxy) is 1. The number of alkyl carbamates (subject to hydrolysis) is 1. The quantitative estimate of drug-likeness (QED) is 0.898. The zero-order valence-corrected chi connectivity index (χ0v) is 12.7. The maximum atomic E-state index is 11.7. The summed E-state index contributed by atoms with van der Waals surface area (Å²) in [5.74, 6) is 0. The molecule has 1 atom stereocenters. The van der Waals surface area contributed by atoms with E-state index in [1.165, 1.54) is 0 Å². The summed E-state index contributed by atoms with van der Waals surface area (Å²) >= 11 is 0. The van der Waals surface area contributed by atoms with Gasteiger partial charge in [0.1, 0.15) is 5.60 Å². The Morgan fingerprint density at radius 2 is 2.05 bits per heavy atom. The molecule has 0 aromatic heterocycles. The number of carbonyl (C=O) groups excluding carboxylic acids is 1. The van der Waals surface area contributed by atoms with E-state index in [9.17, 15) is 4.79 Å². The van der Waals surface area contributed by atoms with Gasteiger partial charge in [0.25, 0.3) is 0 Å². The Hall–Kier alpha value is -1.26. The van der Waals surface area contributed by atoms with Crippen LogP contribution in [-0.2, 0) is 4.74 Å². The molecule has 5 heteroatoms. The minimum Gasteiger partial charge on any atom is -0.444 e. The molecule has 1 unspecified atom stereocenters. The number of halogens is 1. The lowest BCUT2D eigenvalue weighted by Gasteiger charge is -2.23. The highest BCUT2D eigenvalue weighted by Crippen LogP contribution is 2.15. The molecule has 1 aromatic carbocycles. The third-order valence-electron chi connectivity index (χ3n) is 2.37. The molecule has 0 bridgehead atoms. The van der Waals surface area contributed by atoms with E-state index in [0.29, 0.717) is 6.54 Å². The Kier molecular flexibility index (Phi) is 6.87. The van der Waals surface area contributed by atoms with Gasteiger partial charge in [-0.3, -0.25) is 0 Å². The molecule has 0 heterocycles. The maximum Gasteiger partial charge on any atom is 0.408 e. The van der Waals surface area contributed by atoms with E-state index in [1.54, 1.807) is 0 Å². The molecule has 4 nitrogen and oxygen atoms in total. The van der Waals surface area contributed by atoms with Crippen molar-refractivity contribution in [2.75, 3.05) is 6.54 Å². The summed E-state index contributed by atoms with van der Waals surface area (Å²) in [6, 6.07) is 7.69. The van der Waals surface area contributed by atoms with Crippen LogP contribution in [0.5, 0.6) is 0 Å². The lowest BCUT2D eigenvalue weighted by molar-refractivity contribution is 0.0505. The second kappa shape index (κ2) is 7.36. The van der Waals surface area contributed by atoms with E-state index in [2.05, 4.69) is 5.32 Å². The Morgan fingerprint density at radius 3 is 2.53 bits per heavy atom. The fraction of sp³-hybridized carbons (Fsp3) is 0.500. The highest BCUT2D eigenvalue weighted by Gasteiger charge is 2.19. The summed E-state index contributed by atoms with van der Waals surface area (Å²) in [5.41, 5.74) is 7.32. The fourth-order valence-electron chi connectivity index (χ4n) is 1.62. The predicted molar refractivity (Wildman–Crippen MR) is 79.6 cm³/mol. The van der Waals surface area contributed by atoms with Crippen LogP contribution in [0, 0.1) is 6.92 Å². The van der Waals surface area contributed by atoms with Crippen molar-refractivity contribution in [1.82, 2.24) is 5.32 Å². The van der Waals surface area contributed by atoms with Gasteiger partial charge in [-0.25, -0.2) is 4.79 Å². The van der Waals surface area contributed by atoms with Crippen LogP contribution in [0.1, 0.15) is 37.9 Å². The molecular weight excluding hydrogens is 264 g/mol. The van der Waals surface area contributed by atoms with E-state index in [1.807, 2.05) is 52.0 Å². The molecule has 0 aliphatic carbocycles. The predicted octanol–water partition coefficient (Wildman–Crippen LogP) is 2.94. The highest BCUT2D eigenvalue weighted by molar-refractivity contribution is 5.85. The average Bonchev–Trinajstić information content (AvgIpc) is 2.23. The van der Waals surface area contributed by atoms with Crippen molar-refractivity contribution in [3.8, 4) is 0 Å². The molecule has 0 aliphatic rings. The third kappa shape index (κ3) is 6.45. The number of hydrogen-bond acceptors (Lipinski definition) is 3. The minimum atomic E-state index is -0.504. The Balaban J connectivity index is 0.00000324. The van der Waals surface area contributed by atoms with Crippen LogP contribution in [0.15, 0.2) is 24.3 Å². The van der Waals surface area contributed by atoms with Crippen LogP contribution in [0.2, 0.25) is 0 Å². The molecule has 0 fully saturated rings. The zero-order chi connectivity index (χ0) is 13.8. The van der Waals surface area contributed by atoms with Crippen molar-refractivity contribution in [2.45, 2.75) is 39.3 Å². The van der Waals surface area contributed by atoms with Gasteiger partial charge < -0.3 is 15.8 Å². The van der Waals surface area contributed by atoms with Gasteiger partial charge in [-0.1, -0.05) is 29.8 Å². The normalized spacial score (nSPS) is 12.3. The van der Waals surface area contributed by atoms with Gasteiger partial charge in [0, 0.05) is 6.54 Å². The Bertz CT molecular complexity index is 416. The first kappa shape index (κ1) is 17.7. The average molecular weight is 287 g/mol. The van der Waals surface area contributed by atoms with E-state index in [0.717, 1.165) is 11.1 Å². The topological polar surface area (TPSA) is 64.3 Å². The molecule has 108 valence electrons. The number of carbonyl (C=O) groups is 1. The fourth-order valence-corrected chi connectivity index (χ4v) is 1.62. The number of aryl methyl sites for hydroxylation is 1. The van der Waals surface area contributed by atoms with E-state index in [4.69, 9.17) is 10.5 Å². The van der Waals surface area contributed by atoms with Crippen molar-refractivity contribution in [1.29, 1.82) is 0 Å². The van der Waals surface area contributed by atoms with Crippen molar-refractivity contribution < 1.29 is 9.53 Å². The second-order valence-corrected chi connectivity index (χ2v) is 5.35. The van der Waals surface area contributed by atoms with Crippen LogP contribution in [0.3, 0.4) is 0 Å². The van der Waals surface area contributed by atoms with Crippen LogP contribution in [-0.4, -0.2) is 18.2 Å². The maximum absolute atomic E-state index is 11.7. The minimum absolute atomic E-state index is 0. The standard InChI is InChI=1S/C14H22N2O2.ClH/c1-10-6-5-7-11(8-10)12(9-15)16-13(17)18-14(2,3)4;/h5-8,12H,9,15H2,1-4H3,(H,16,17);1H. The number of hydrogen-bond donors (Lipinski definition) is 2. The number of nitrogens with two attached hydrogens (primary N) is 1. The van der Waals surface area contributed by atoms with Gasteiger partial charge in [-0.05, 0) is 33.3 Å². The largest absolute Gasteiger partial charge is 0.444 e. The Morgan fingerprint density at radius 1 is 1.42 bits per heavy atom. The molecule has 3 N–H and O–H groups in total. The Labute approximate surface area is 121 Å². The molecular formula is C14H23ClN2O2. The van der Waals surface area contributed by atoms with Gasteiger partial charge in [-0.2, -0.15) is 0 Å². The van der Waals surface area contributed by atoms with Crippen molar-refractivity contribution in [2.24, 2.45) is 5.73 Å². The summed E-state index contributed by atoms with van der Waals surface area (Å²) in [5, 5.41) is 2.78. The van der Waals surface area contributed by atoms with Gasteiger partial charge >= 0.3 is 6.09 Å². The lowest BCUT2D eigenvalue weighted by atomic mass is 10.0. The summed E-state index contributed by atoms with van der Waals surface area (Å²) in [6.45, 7) is 7.83. The summed E-state index contributed by atoms with van der Waals surface area (Å²) in [7, 11) is 0. The van der Waals surface area contributed by atoms with E-state index in [-0.39, 0.29) is 18.4 Å².